The monoisotopic (exact) mass is 424 g/mol. The maximum absolute atomic E-state index is 14.1. The van der Waals surface area contributed by atoms with Crippen LogP contribution in [0, 0.1) is 17.5 Å². The van der Waals surface area contributed by atoms with Crippen LogP contribution < -0.4 is 10.5 Å². The number of aromatic nitrogens is 3. The molecule has 1 aromatic heterocycles. The highest BCUT2D eigenvalue weighted by atomic mass is 35.5. The summed E-state index contributed by atoms with van der Waals surface area (Å²) < 4.78 is 48.8. The maximum atomic E-state index is 14.1. The van der Waals surface area contributed by atoms with E-state index in [2.05, 4.69) is 10.2 Å². The molecule has 0 unspecified atom stereocenters. The first kappa shape index (κ1) is 21.0. The van der Waals surface area contributed by atoms with Crippen LogP contribution in [0.3, 0.4) is 0 Å². The lowest BCUT2D eigenvalue weighted by molar-refractivity contribution is 0.0811. The smallest absolute Gasteiger partial charge is 0.192 e. The quantitative estimate of drug-likeness (QED) is 0.550. The van der Waals surface area contributed by atoms with E-state index in [-0.39, 0.29) is 6.04 Å². The van der Waals surface area contributed by atoms with E-state index in [1.165, 1.54) is 0 Å². The molecule has 2 N–H and O–H groups in total. The molecular formula is C20H20ClF3N4O. The Morgan fingerprint density at radius 3 is 2.24 bits per heavy atom. The predicted molar refractivity (Wildman–Crippen MR) is 105 cm³/mol. The molecule has 0 saturated heterocycles. The summed E-state index contributed by atoms with van der Waals surface area (Å²) in [5, 5.41) is 8.82. The summed E-state index contributed by atoms with van der Waals surface area (Å²) in [5.74, 6) is -3.24. The summed E-state index contributed by atoms with van der Waals surface area (Å²) in [6, 6.07) is 5.99. The normalized spacial score (nSPS) is 11.9. The van der Waals surface area contributed by atoms with Gasteiger partial charge in [-0.1, -0.05) is 11.6 Å². The molecular weight excluding hydrogens is 405 g/mol. The van der Waals surface area contributed by atoms with Crippen LogP contribution in [0.5, 0.6) is 5.75 Å². The number of nitrogens with two attached hydrogens (primary N) is 1. The highest BCUT2D eigenvalue weighted by Gasteiger charge is 2.34. The highest BCUT2D eigenvalue weighted by Crippen LogP contribution is 2.36. The Morgan fingerprint density at radius 2 is 1.69 bits per heavy atom. The Labute approximate surface area is 171 Å². The molecule has 0 saturated carbocycles. The number of nitrogens with zero attached hydrogens (tertiary/aromatic N) is 3. The van der Waals surface area contributed by atoms with Gasteiger partial charge in [0, 0.05) is 29.4 Å². The van der Waals surface area contributed by atoms with E-state index in [0.717, 1.165) is 0 Å². The van der Waals surface area contributed by atoms with Gasteiger partial charge in [0.2, 0.25) is 0 Å². The van der Waals surface area contributed by atoms with E-state index in [1.54, 1.807) is 36.6 Å². The molecule has 3 rings (SSSR count). The Hall–Kier alpha value is -2.74. The number of rotatable bonds is 5. The Balaban J connectivity index is 2.10. The third-order valence-corrected chi connectivity index (χ3v) is 4.62. The van der Waals surface area contributed by atoms with Gasteiger partial charge in [-0.3, -0.25) is 0 Å². The first-order chi connectivity index (χ1) is 13.5. The van der Waals surface area contributed by atoms with Gasteiger partial charge < -0.3 is 15.0 Å². The molecule has 0 fully saturated rings. The average Bonchev–Trinajstić information content (AvgIpc) is 3.04. The molecule has 0 atom stereocenters. The summed E-state index contributed by atoms with van der Waals surface area (Å²) in [7, 11) is 0. The minimum atomic E-state index is -1.30. The van der Waals surface area contributed by atoms with Crippen molar-refractivity contribution in [2.24, 2.45) is 0 Å². The van der Waals surface area contributed by atoms with Gasteiger partial charge in [-0.2, -0.15) is 0 Å². The molecule has 9 heteroatoms. The Bertz CT molecular complexity index is 1040. The minimum Gasteiger partial charge on any atom is -0.474 e. The second kappa shape index (κ2) is 7.59. The summed E-state index contributed by atoms with van der Waals surface area (Å²) in [4.78, 5) is 0. The van der Waals surface area contributed by atoms with Gasteiger partial charge in [0.15, 0.2) is 34.6 Å². The second-order valence-corrected chi connectivity index (χ2v) is 7.77. The fourth-order valence-electron chi connectivity index (χ4n) is 3.01. The van der Waals surface area contributed by atoms with Crippen molar-refractivity contribution in [1.29, 1.82) is 0 Å². The Morgan fingerprint density at radius 1 is 1.07 bits per heavy atom. The molecule has 0 bridgehead atoms. The molecule has 154 valence electrons. The fourth-order valence-corrected chi connectivity index (χ4v) is 3.29. The highest BCUT2D eigenvalue weighted by molar-refractivity contribution is 6.33. The first-order valence-corrected chi connectivity index (χ1v) is 9.23. The first-order valence-electron chi connectivity index (χ1n) is 8.85. The number of benzene rings is 2. The van der Waals surface area contributed by atoms with Crippen molar-refractivity contribution in [2.45, 2.75) is 39.3 Å². The van der Waals surface area contributed by atoms with Gasteiger partial charge in [0.1, 0.15) is 5.82 Å². The number of ether oxygens (including phenoxy) is 1. The van der Waals surface area contributed by atoms with Gasteiger partial charge in [-0.15, -0.1) is 10.2 Å². The van der Waals surface area contributed by atoms with Crippen LogP contribution in [0.2, 0.25) is 5.02 Å². The molecule has 0 aliphatic rings. The van der Waals surface area contributed by atoms with Crippen LogP contribution in [-0.4, -0.2) is 14.8 Å². The van der Waals surface area contributed by atoms with Crippen LogP contribution >= 0.6 is 11.6 Å². The molecule has 5 nitrogen and oxygen atoms in total. The van der Waals surface area contributed by atoms with E-state index < -0.39 is 28.8 Å². The largest absolute Gasteiger partial charge is 0.474 e. The van der Waals surface area contributed by atoms with Crippen molar-refractivity contribution in [3.8, 4) is 17.1 Å². The van der Waals surface area contributed by atoms with Crippen molar-refractivity contribution >= 4 is 17.3 Å². The number of halogens is 4. The van der Waals surface area contributed by atoms with Crippen LogP contribution in [0.1, 0.15) is 39.6 Å². The lowest BCUT2D eigenvalue weighted by Gasteiger charge is -2.28. The third kappa shape index (κ3) is 4.03. The summed E-state index contributed by atoms with van der Waals surface area (Å²) >= 11 is 6.32. The number of nitrogen functional groups attached to an aromatic ring is 1. The van der Waals surface area contributed by atoms with Gasteiger partial charge in [0.05, 0.1) is 5.02 Å². The predicted octanol–water partition coefficient (Wildman–Crippen LogP) is 5.49. The number of hydrogen-bond donors (Lipinski definition) is 1. The molecule has 0 aliphatic heterocycles. The second-order valence-electron chi connectivity index (χ2n) is 7.36. The van der Waals surface area contributed by atoms with Crippen molar-refractivity contribution in [2.75, 3.05) is 5.73 Å². The van der Waals surface area contributed by atoms with Crippen LogP contribution in [0.15, 0.2) is 30.3 Å². The molecule has 29 heavy (non-hydrogen) atoms. The van der Waals surface area contributed by atoms with Gasteiger partial charge in [0.25, 0.3) is 0 Å². The third-order valence-electron chi connectivity index (χ3n) is 4.31. The molecule has 0 aliphatic carbocycles. The SMILES string of the molecule is CC(C)n1c(-c2ccc(N)cc2Cl)nnc1C(C)(C)Oc1c(F)cc(F)cc1F. The van der Waals surface area contributed by atoms with Crippen molar-refractivity contribution in [3.05, 3.63) is 58.6 Å². The average molecular weight is 425 g/mol. The van der Waals surface area contributed by atoms with Gasteiger partial charge >= 0.3 is 0 Å². The molecule has 3 aromatic rings. The van der Waals surface area contributed by atoms with Crippen molar-refractivity contribution in [3.63, 3.8) is 0 Å². The minimum absolute atomic E-state index is 0.130. The zero-order valence-electron chi connectivity index (χ0n) is 16.3. The van der Waals surface area contributed by atoms with Crippen molar-refractivity contribution in [1.82, 2.24) is 14.8 Å². The Kier molecular flexibility index (Phi) is 5.49. The molecule has 0 amide bonds. The maximum Gasteiger partial charge on any atom is 0.192 e. The van der Waals surface area contributed by atoms with Gasteiger partial charge in [-0.05, 0) is 45.9 Å². The van der Waals surface area contributed by atoms with Crippen LogP contribution in [0.4, 0.5) is 18.9 Å². The zero-order valence-corrected chi connectivity index (χ0v) is 17.1. The van der Waals surface area contributed by atoms with Crippen LogP contribution in [-0.2, 0) is 5.60 Å². The van der Waals surface area contributed by atoms with Crippen molar-refractivity contribution < 1.29 is 17.9 Å². The zero-order chi connectivity index (χ0) is 21.5. The van der Waals surface area contributed by atoms with E-state index in [1.807, 2.05) is 13.8 Å². The molecule has 1 heterocycles. The molecule has 2 aromatic carbocycles. The lowest BCUT2D eigenvalue weighted by atomic mass is 10.1. The summed E-state index contributed by atoms with van der Waals surface area (Å²) in [6.07, 6.45) is 0. The fraction of sp³-hybridized carbons (Fsp3) is 0.300. The van der Waals surface area contributed by atoms with Gasteiger partial charge in [-0.25, -0.2) is 13.2 Å². The summed E-state index contributed by atoms with van der Waals surface area (Å²) in [5.41, 5.74) is 5.56. The topological polar surface area (TPSA) is 66.0 Å². The standard InChI is InChI=1S/C20H20ClF3N4O/c1-10(2)28-18(13-6-5-12(25)9-14(13)21)26-27-19(28)20(3,4)29-17-15(23)7-11(22)8-16(17)24/h5-10H,25H2,1-4H3. The molecule has 0 radical (unpaired) electrons. The van der Waals surface area contributed by atoms with E-state index in [0.29, 0.717) is 40.1 Å². The van der Waals surface area contributed by atoms with E-state index in [4.69, 9.17) is 22.1 Å². The molecule has 0 spiro atoms. The summed E-state index contributed by atoms with van der Waals surface area (Å²) in [6.45, 7) is 6.98. The van der Waals surface area contributed by atoms with Crippen LogP contribution in [0.25, 0.3) is 11.4 Å². The van der Waals surface area contributed by atoms with E-state index >= 15 is 0 Å². The lowest BCUT2D eigenvalue weighted by Crippen LogP contribution is -2.31. The van der Waals surface area contributed by atoms with E-state index in [9.17, 15) is 13.2 Å². The number of hydrogen-bond acceptors (Lipinski definition) is 4. The number of anilines is 1.